The molecule has 10 heteroatoms. The van der Waals surface area contributed by atoms with Gasteiger partial charge in [-0.3, -0.25) is 9.40 Å². The molecule has 0 saturated heterocycles. The number of nitrogens with zero attached hydrogens (tertiary/aromatic N) is 4. The second-order valence-electron chi connectivity index (χ2n) is 5.46. The van der Waals surface area contributed by atoms with Crippen LogP contribution in [0.25, 0.3) is 5.69 Å². The van der Waals surface area contributed by atoms with E-state index in [4.69, 9.17) is 0 Å². The lowest BCUT2D eigenvalue weighted by Crippen LogP contribution is -2.13. The van der Waals surface area contributed by atoms with Crippen molar-refractivity contribution in [1.29, 1.82) is 0 Å². The lowest BCUT2D eigenvalue weighted by Gasteiger charge is -2.05. The first kappa shape index (κ1) is 17.1. The van der Waals surface area contributed by atoms with Gasteiger partial charge in [0.1, 0.15) is 4.90 Å². The van der Waals surface area contributed by atoms with Crippen LogP contribution < -0.4 is 4.72 Å². The summed E-state index contributed by atoms with van der Waals surface area (Å²) in [6.45, 7) is 1.93. The van der Waals surface area contributed by atoms with Crippen LogP contribution in [0.3, 0.4) is 0 Å². The molecule has 0 aliphatic heterocycles. The van der Waals surface area contributed by atoms with E-state index in [-0.39, 0.29) is 10.6 Å². The lowest BCUT2D eigenvalue weighted by atomic mass is 10.2. The highest BCUT2D eigenvalue weighted by Crippen LogP contribution is 2.27. The molecule has 7 nitrogen and oxygen atoms in total. The maximum absolute atomic E-state index is 12.9. The van der Waals surface area contributed by atoms with Crippen molar-refractivity contribution in [3.63, 3.8) is 0 Å². The largest absolute Gasteiger partial charge is 0.284 e. The topological polar surface area (TPSA) is 81.8 Å². The predicted octanol–water partition coefficient (Wildman–Crippen LogP) is 2.65. The third-order valence-electron chi connectivity index (χ3n) is 3.48. The van der Waals surface area contributed by atoms with Crippen LogP contribution in [0.15, 0.2) is 47.8 Å². The van der Waals surface area contributed by atoms with Gasteiger partial charge in [-0.05, 0) is 19.1 Å². The molecule has 0 aliphatic rings. The zero-order chi connectivity index (χ0) is 18.2. The SMILES string of the molecule is Cc1ccc(-n2cc(S(=O)(=O)Nc3cn(C)nc3C(F)F)cn2)cc1. The third-order valence-corrected chi connectivity index (χ3v) is 4.80. The van der Waals surface area contributed by atoms with Crippen LogP contribution in [0.2, 0.25) is 0 Å². The van der Waals surface area contributed by atoms with E-state index in [1.54, 1.807) is 12.1 Å². The number of aromatic nitrogens is 4. The highest BCUT2D eigenvalue weighted by molar-refractivity contribution is 7.92. The van der Waals surface area contributed by atoms with Crippen molar-refractivity contribution in [2.45, 2.75) is 18.2 Å². The Balaban J connectivity index is 1.90. The molecule has 0 amide bonds. The normalized spacial score (nSPS) is 11.9. The molecule has 0 bridgehead atoms. The summed E-state index contributed by atoms with van der Waals surface area (Å²) < 4.78 is 55.4. The Kier molecular flexibility index (Phi) is 4.29. The molecule has 0 atom stereocenters. The van der Waals surface area contributed by atoms with Gasteiger partial charge in [-0.25, -0.2) is 21.9 Å². The van der Waals surface area contributed by atoms with E-state index in [1.807, 2.05) is 19.1 Å². The van der Waals surface area contributed by atoms with Gasteiger partial charge < -0.3 is 0 Å². The van der Waals surface area contributed by atoms with Crippen LogP contribution in [0.5, 0.6) is 0 Å². The van der Waals surface area contributed by atoms with E-state index in [0.29, 0.717) is 5.69 Å². The third kappa shape index (κ3) is 3.53. The van der Waals surface area contributed by atoms with Gasteiger partial charge in [0.05, 0.1) is 23.8 Å². The van der Waals surface area contributed by atoms with Crippen molar-refractivity contribution in [3.05, 3.63) is 54.1 Å². The molecule has 0 spiro atoms. The Morgan fingerprint density at radius 2 is 1.84 bits per heavy atom. The van der Waals surface area contributed by atoms with Crippen LogP contribution >= 0.6 is 0 Å². The van der Waals surface area contributed by atoms with Crippen LogP contribution in [-0.4, -0.2) is 28.0 Å². The van der Waals surface area contributed by atoms with Gasteiger partial charge in [0.25, 0.3) is 16.4 Å². The summed E-state index contributed by atoms with van der Waals surface area (Å²) in [6, 6.07) is 7.33. The molecule has 1 aromatic carbocycles. The van der Waals surface area contributed by atoms with E-state index in [9.17, 15) is 17.2 Å². The maximum Gasteiger partial charge on any atom is 0.284 e. The molecule has 3 rings (SSSR count). The van der Waals surface area contributed by atoms with Gasteiger partial charge in [0.2, 0.25) is 0 Å². The van der Waals surface area contributed by atoms with Crippen LogP contribution in [0.4, 0.5) is 14.5 Å². The Hall–Kier alpha value is -2.75. The number of hydrogen-bond acceptors (Lipinski definition) is 4. The average molecular weight is 367 g/mol. The van der Waals surface area contributed by atoms with Gasteiger partial charge in [-0.2, -0.15) is 10.2 Å². The molecule has 0 radical (unpaired) electrons. The number of hydrogen-bond donors (Lipinski definition) is 1. The number of nitrogens with one attached hydrogen (secondary N) is 1. The van der Waals surface area contributed by atoms with E-state index >= 15 is 0 Å². The van der Waals surface area contributed by atoms with Gasteiger partial charge >= 0.3 is 0 Å². The second-order valence-corrected chi connectivity index (χ2v) is 7.15. The van der Waals surface area contributed by atoms with Crippen molar-refractivity contribution >= 4 is 15.7 Å². The predicted molar refractivity (Wildman–Crippen MR) is 87.3 cm³/mol. The Morgan fingerprint density at radius 3 is 2.48 bits per heavy atom. The zero-order valence-corrected chi connectivity index (χ0v) is 14.2. The van der Waals surface area contributed by atoms with Crippen LogP contribution in [0, 0.1) is 6.92 Å². The molecule has 0 saturated carbocycles. The Morgan fingerprint density at radius 1 is 1.16 bits per heavy atom. The number of aryl methyl sites for hydroxylation is 2. The number of benzene rings is 1. The number of sulfonamides is 1. The standard InChI is InChI=1S/C15H15F2N5O2S/c1-10-3-5-11(6-4-10)22-8-12(7-18-22)25(23,24)20-13-9-21(2)19-14(13)15(16)17/h3-9,15,20H,1-2H3. The summed E-state index contributed by atoms with van der Waals surface area (Å²) in [7, 11) is -2.64. The molecule has 0 aliphatic carbocycles. The lowest BCUT2D eigenvalue weighted by molar-refractivity contribution is 0.146. The summed E-state index contributed by atoms with van der Waals surface area (Å²) in [4.78, 5) is -0.142. The summed E-state index contributed by atoms with van der Waals surface area (Å²) in [6.07, 6.45) is 0.754. The summed E-state index contributed by atoms with van der Waals surface area (Å²) in [5.74, 6) is 0. The molecule has 25 heavy (non-hydrogen) atoms. The monoisotopic (exact) mass is 367 g/mol. The first-order valence-corrected chi connectivity index (χ1v) is 8.71. The van der Waals surface area contributed by atoms with E-state index in [1.165, 1.54) is 24.1 Å². The molecular weight excluding hydrogens is 352 g/mol. The van der Waals surface area contributed by atoms with Crippen LogP contribution in [0.1, 0.15) is 17.7 Å². The van der Waals surface area contributed by atoms with Crippen molar-refractivity contribution in [3.8, 4) is 5.69 Å². The number of alkyl halides is 2. The van der Waals surface area contributed by atoms with E-state index in [0.717, 1.165) is 16.4 Å². The van der Waals surface area contributed by atoms with Crippen molar-refractivity contribution in [1.82, 2.24) is 19.6 Å². The fourth-order valence-electron chi connectivity index (χ4n) is 2.23. The molecule has 0 unspecified atom stereocenters. The fraction of sp³-hybridized carbons (Fsp3) is 0.200. The van der Waals surface area contributed by atoms with Crippen molar-refractivity contribution in [2.24, 2.45) is 7.05 Å². The van der Waals surface area contributed by atoms with Gasteiger partial charge in [0, 0.05) is 13.2 Å². The van der Waals surface area contributed by atoms with Crippen LogP contribution in [-0.2, 0) is 17.1 Å². The molecule has 2 aromatic heterocycles. The molecule has 3 aromatic rings. The molecule has 132 valence electrons. The quantitative estimate of drug-likeness (QED) is 0.752. The maximum atomic E-state index is 12.9. The van der Waals surface area contributed by atoms with Gasteiger partial charge in [0.15, 0.2) is 5.69 Å². The molecule has 0 fully saturated rings. The number of halogens is 2. The Labute approximate surface area is 142 Å². The minimum Gasteiger partial charge on any atom is -0.276 e. The van der Waals surface area contributed by atoms with Gasteiger partial charge in [-0.1, -0.05) is 17.7 Å². The van der Waals surface area contributed by atoms with E-state index < -0.39 is 22.1 Å². The number of rotatable bonds is 5. The first-order chi connectivity index (χ1) is 11.8. The van der Waals surface area contributed by atoms with Crippen molar-refractivity contribution < 1.29 is 17.2 Å². The minimum absolute atomic E-state index is 0.142. The van der Waals surface area contributed by atoms with Crippen molar-refractivity contribution in [2.75, 3.05) is 4.72 Å². The highest BCUT2D eigenvalue weighted by Gasteiger charge is 2.24. The Bertz CT molecular complexity index is 993. The zero-order valence-electron chi connectivity index (χ0n) is 13.4. The molecule has 2 heterocycles. The summed E-state index contributed by atoms with van der Waals surface area (Å²) >= 11 is 0. The first-order valence-electron chi connectivity index (χ1n) is 7.22. The highest BCUT2D eigenvalue weighted by atomic mass is 32.2. The smallest absolute Gasteiger partial charge is 0.276 e. The average Bonchev–Trinajstić information content (AvgIpc) is 3.15. The summed E-state index contributed by atoms with van der Waals surface area (Å²) in [5.41, 5.74) is 0.848. The van der Waals surface area contributed by atoms with Gasteiger partial charge in [-0.15, -0.1) is 0 Å². The summed E-state index contributed by atoms with van der Waals surface area (Å²) in [5, 5.41) is 7.58. The second kappa shape index (κ2) is 6.28. The molecule has 1 N–H and O–H groups in total. The van der Waals surface area contributed by atoms with E-state index in [2.05, 4.69) is 14.9 Å². The number of anilines is 1. The molecular formula is C15H15F2N5O2S. The fourth-order valence-corrected chi connectivity index (χ4v) is 3.22. The minimum atomic E-state index is -4.07.